The number of rotatable bonds is 4. The molecule has 2 aliphatic rings. The lowest BCUT2D eigenvalue weighted by molar-refractivity contribution is 0.0676. The van der Waals surface area contributed by atoms with E-state index in [2.05, 4.69) is 15.0 Å². The van der Waals surface area contributed by atoms with Crippen LogP contribution in [-0.2, 0) is 25.9 Å². The number of aromatic nitrogens is 3. The molecule has 4 rings (SSSR count). The van der Waals surface area contributed by atoms with E-state index < -0.39 is 0 Å². The van der Waals surface area contributed by atoms with Gasteiger partial charge in [-0.3, -0.25) is 9.69 Å². The number of fused-ring (bicyclic) bond motifs is 1. The van der Waals surface area contributed by atoms with Crippen molar-refractivity contribution >= 4 is 0 Å². The standard InChI is InChI=1S/C16H20N4O2/c1-11-6-17-15(22-11)10-19-7-12(8-19)9-20-16(21)5-13-3-2-4-14(13)18-20/h5-6,12H,2-4,7-10H2,1H3. The smallest absolute Gasteiger partial charge is 0.267 e. The van der Waals surface area contributed by atoms with Crippen molar-refractivity contribution in [3.8, 4) is 0 Å². The molecule has 1 aliphatic carbocycles. The molecule has 116 valence electrons. The predicted molar refractivity (Wildman–Crippen MR) is 80.5 cm³/mol. The van der Waals surface area contributed by atoms with Gasteiger partial charge >= 0.3 is 0 Å². The minimum Gasteiger partial charge on any atom is -0.445 e. The molecule has 0 atom stereocenters. The molecule has 2 aromatic rings. The van der Waals surface area contributed by atoms with Gasteiger partial charge in [-0.05, 0) is 31.7 Å². The summed E-state index contributed by atoms with van der Waals surface area (Å²) >= 11 is 0. The highest BCUT2D eigenvalue weighted by atomic mass is 16.4. The van der Waals surface area contributed by atoms with E-state index in [0.717, 1.165) is 61.8 Å². The summed E-state index contributed by atoms with van der Waals surface area (Å²) in [6, 6.07) is 1.78. The van der Waals surface area contributed by atoms with Crippen LogP contribution in [0.5, 0.6) is 0 Å². The van der Waals surface area contributed by atoms with Crippen LogP contribution in [0.25, 0.3) is 0 Å². The molecule has 1 fully saturated rings. The molecule has 6 nitrogen and oxygen atoms in total. The average molecular weight is 300 g/mol. The van der Waals surface area contributed by atoms with Crippen LogP contribution in [0.15, 0.2) is 21.5 Å². The molecule has 0 spiro atoms. The minimum absolute atomic E-state index is 0.0439. The Hall–Kier alpha value is -1.95. The van der Waals surface area contributed by atoms with E-state index in [4.69, 9.17) is 4.42 Å². The molecule has 1 aliphatic heterocycles. The Bertz CT molecular complexity index is 743. The van der Waals surface area contributed by atoms with Crippen LogP contribution in [-0.4, -0.2) is 32.8 Å². The zero-order chi connectivity index (χ0) is 15.1. The fourth-order valence-corrected chi connectivity index (χ4v) is 3.40. The number of hydrogen-bond donors (Lipinski definition) is 0. The molecule has 0 N–H and O–H groups in total. The first-order valence-corrected chi connectivity index (χ1v) is 7.91. The van der Waals surface area contributed by atoms with Crippen molar-refractivity contribution in [2.24, 2.45) is 5.92 Å². The second kappa shape index (κ2) is 5.35. The Kier molecular flexibility index (Phi) is 3.33. The van der Waals surface area contributed by atoms with Crippen LogP contribution in [0.3, 0.4) is 0 Å². The second-order valence-electron chi connectivity index (χ2n) is 6.41. The van der Waals surface area contributed by atoms with Crippen molar-refractivity contribution in [3.63, 3.8) is 0 Å². The zero-order valence-corrected chi connectivity index (χ0v) is 12.8. The summed E-state index contributed by atoms with van der Waals surface area (Å²) in [7, 11) is 0. The molecule has 0 saturated carbocycles. The summed E-state index contributed by atoms with van der Waals surface area (Å²) in [5, 5.41) is 4.54. The lowest BCUT2D eigenvalue weighted by Gasteiger charge is -2.38. The van der Waals surface area contributed by atoms with Crippen molar-refractivity contribution in [1.29, 1.82) is 0 Å². The maximum atomic E-state index is 12.1. The SMILES string of the molecule is Cc1cnc(CN2CC(Cn3nc4c(cc3=O)CCC4)C2)o1. The van der Waals surface area contributed by atoms with Crippen LogP contribution in [0.4, 0.5) is 0 Å². The van der Waals surface area contributed by atoms with Crippen LogP contribution in [0.1, 0.15) is 29.3 Å². The highest BCUT2D eigenvalue weighted by Gasteiger charge is 2.29. The van der Waals surface area contributed by atoms with E-state index in [0.29, 0.717) is 12.5 Å². The molecule has 22 heavy (non-hydrogen) atoms. The van der Waals surface area contributed by atoms with Gasteiger partial charge in [0, 0.05) is 25.1 Å². The molecule has 6 heteroatoms. The lowest BCUT2D eigenvalue weighted by Crippen LogP contribution is -2.49. The van der Waals surface area contributed by atoms with Crippen LogP contribution < -0.4 is 5.56 Å². The van der Waals surface area contributed by atoms with Crippen molar-refractivity contribution in [3.05, 3.63) is 45.5 Å². The normalized spacial score (nSPS) is 18.4. The molecular weight excluding hydrogens is 280 g/mol. The number of hydrogen-bond acceptors (Lipinski definition) is 5. The molecule has 1 saturated heterocycles. The number of nitrogens with zero attached hydrogens (tertiary/aromatic N) is 4. The number of aryl methyl sites for hydroxylation is 3. The summed E-state index contributed by atoms with van der Waals surface area (Å²) in [6.07, 6.45) is 4.89. The molecule has 0 aromatic carbocycles. The summed E-state index contributed by atoms with van der Waals surface area (Å²) < 4.78 is 7.15. The van der Waals surface area contributed by atoms with Gasteiger partial charge in [-0.2, -0.15) is 5.10 Å². The number of likely N-dealkylation sites (tertiary alicyclic amines) is 1. The maximum Gasteiger partial charge on any atom is 0.267 e. The fraction of sp³-hybridized carbons (Fsp3) is 0.562. The van der Waals surface area contributed by atoms with E-state index >= 15 is 0 Å². The van der Waals surface area contributed by atoms with E-state index in [1.807, 2.05) is 6.92 Å². The third-order valence-electron chi connectivity index (χ3n) is 4.52. The summed E-state index contributed by atoms with van der Waals surface area (Å²) in [6.45, 7) is 5.30. The van der Waals surface area contributed by atoms with Crippen molar-refractivity contribution < 1.29 is 4.42 Å². The van der Waals surface area contributed by atoms with Crippen LogP contribution in [0, 0.1) is 12.8 Å². The monoisotopic (exact) mass is 300 g/mol. The van der Waals surface area contributed by atoms with Gasteiger partial charge in [0.15, 0.2) is 0 Å². The Labute approximate surface area is 128 Å². The van der Waals surface area contributed by atoms with Crippen molar-refractivity contribution in [2.45, 2.75) is 39.3 Å². The Morgan fingerprint density at radius 2 is 2.23 bits per heavy atom. The average Bonchev–Trinajstić information content (AvgIpc) is 3.05. The predicted octanol–water partition coefficient (Wildman–Crippen LogP) is 1.16. The molecular formula is C16H20N4O2. The topological polar surface area (TPSA) is 64.2 Å². The highest BCUT2D eigenvalue weighted by molar-refractivity contribution is 5.22. The molecule has 0 unspecified atom stereocenters. The molecule has 0 radical (unpaired) electrons. The first-order valence-electron chi connectivity index (χ1n) is 7.91. The number of oxazole rings is 1. The van der Waals surface area contributed by atoms with Crippen LogP contribution >= 0.6 is 0 Å². The summed E-state index contributed by atoms with van der Waals surface area (Å²) in [4.78, 5) is 18.6. The summed E-state index contributed by atoms with van der Waals surface area (Å²) in [5.74, 6) is 2.10. The highest BCUT2D eigenvalue weighted by Crippen LogP contribution is 2.21. The maximum absolute atomic E-state index is 12.1. The molecule has 2 aromatic heterocycles. The van der Waals surface area contributed by atoms with Gasteiger partial charge in [-0.1, -0.05) is 0 Å². The van der Waals surface area contributed by atoms with E-state index in [1.54, 1.807) is 16.9 Å². The summed E-state index contributed by atoms with van der Waals surface area (Å²) in [5.41, 5.74) is 2.31. The van der Waals surface area contributed by atoms with E-state index in [1.165, 1.54) is 0 Å². The fourth-order valence-electron chi connectivity index (χ4n) is 3.40. The first kappa shape index (κ1) is 13.7. The Morgan fingerprint density at radius 1 is 1.36 bits per heavy atom. The lowest BCUT2D eigenvalue weighted by atomic mass is 10.0. The quantitative estimate of drug-likeness (QED) is 0.848. The van der Waals surface area contributed by atoms with E-state index in [9.17, 15) is 4.79 Å². The zero-order valence-electron chi connectivity index (χ0n) is 12.8. The van der Waals surface area contributed by atoms with Gasteiger partial charge in [-0.25, -0.2) is 9.67 Å². The van der Waals surface area contributed by atoms with Gasteiger partial charge in [0.2, 0.25) is 5.89 Å². The van der Waals surface area contributed by atoms with Gasteiger partial charge in [0.05, 0.1) is 25.0 Å². The van der Waals surface area contributed by atoms with Gasteiger partial charge < -0.3 is 4.42 Å². The largest absolute Gasteiger partial charge is 0.445 e. The third-order valence-corrected chi connectivity index (χ3v) is 4.52. The Morgan fingerprint density at radius 3 is 3.00 bits per heavy atom. The van der Waals surface area contributed by atoms with E-state index in [-0.39, 0.29) is 5.56 Å². The first-order chi connectivity index (χ1) is 10.7. The van der Waals surface area contributed by atoms with Gasteiger partial charge in [-0.15, -0.1) is 0 Å². The van der Waals surface area contributed by atoms with Crippen LogP contribution in [0.2, 0.25) is 0 Å². The van der Waals surface area contributed by atoms with Gasteiger partial charge in [0.25, 0.3) is 5.56 Å². The third kappa shape index (κ3) is 2.59. The molecule has 0 amide bonds. The minimum atomic E-state index is 0.0439. The Balaban J connectivity index is 1.35. The molecule has 0 bridgehead atoms. The van der Waals surface area contributed by atoms with Crippen molar-refractivity contribution in [2.75, 3.05) is 13.1 Å². The van der Waals surface area contributed by atoms with Gasteiger partial charge in [0.1, 0.15) is 5.76 Å². The second-order valence-corrected chi connectivity index (χ2v) is 6.41. The molecule has 3 heterocycles. The van der Waals surface area contributed by atoms with Crippen molar-refractivity contribution in [1.82, 2.24) is 19.7 Å².